The number of carbonyl (C=O) groups excluding carboxylic acids is 1. The highest BCUT2D eigenvalue weighted by Gasteiger charge is 2.49. The average molecular weight is 377 g/mol. The molecule has 1 saturated carbocycles. The molecular formula is C18H17ClN2O3S. The predicted molar refractivity (Wildman–Crippen MR) is 95.9 cm³/mol. The first-order valence-electron chi connectivity index (χ1n) is 8.30. The van der Waals surface area contributed by atoms with E-state index in [1.807, 2.05) is 18.2 Å². The van der Waals surface area contributed by atoms with Gasteiger partial charge in [-0.15, -0.1) is 11.3 Å². The summed E-state index contributed by atoms with van der Waals surface area (Å²) in [6.45, 7) is 0.513. The van der Waals surface area contributed by atoms with Crippen LogP contribution in [0, 0.1) is 11.8 Å². The molecule has 25 heavy (non-hydrogen) atoms. The van der Waals surface area contributed by atoms with Crippen molar-refractivity contribution in [1.29, 1.82) is 0 Å². The van der Waals surface area contributed by atoms with Crippen molar-refractivity contribution in [1.82, 2.24) is 9.88 Å². The summed E-state index contributed by atoms with van der Waals surface area (Å²) in [5, 5.41) is 12.6. The molecule has 0 spiro atoms. The first kappa shape index (κ1) is 16.5. The van der Waals surface area contributed by atoms with Gasteiger partial charge in [-0.1, -0.05) is 36.2 Å². The van der Waals surface area contributed by atoms with Crippen LogP contribution in [0.3, 0.4) is 0 Å². The minimum absolute atomic E-state index is 0.0723. The van der Waals surface area contributed by atoms with Crippen LogP contribution in [0.15, 0.2) is 29.6 Å². The normalized spacial score (nSPS) is 25.2. The number of fused-ring (bicyclic) bond motifs is 1. The van der Waals surface area contributed by atoms with Gasteiger partial charge in [0.15, 0.2) is 0 Å². The van der Waals surface area contributed by atoms with Crippen molar-refractivity contribution in [3.05, 3.63) is 40.4 Å². The Morgan fingerprint density at radius 3 is 2.84 bits per heavy atom. The summed E-state index contributed by atoms with van der Waals surface area (Å²) in [6, 6.07) is 6.61. The maximum atomic E-state index is 12.9. The van der Waals surface area contributed by atoms with Gasteiger partial charge < -0.3 is 10.0 Å². The molecule has 1 saturated heterocycles. The van der Waals surface area contributed by atoms with Crippen LogP contribution in [0.1, 0.15) is 29.8 Å². The van der Waals surface area contributed by atoms with Gasteiger partial charge in [0.1, 0.15) is 16.7 Å². The third kappa shape index (κ3) is 2.83. The number of halogens is 1. The second-order valence-electron chi connectivity index (χ2n) is 6.61. The number of benzene rings is 1. The lowest BCUT2D eigenvalue weighted by Gasteiger charge is -2.23. The van der Waals surface area contributed by atoms with Crippen molar-refractivity contribution < 1.29 is 14.7 Å². The van der Waals surface area contributed by atoms with Crippen molar-refractivity contribution in [3.8, 4) is 10.6 Å². The second kappa shape index (κ2) is 6.42. The molecular weight excluding hydrogens is 360 g/mol. The highest BCUT2D eigenvalue weighted by atomic mass is 35.5. The van der Waals surface area contributed by atoms with E-state index in [4.69, 9.17) is 11.6 Å². The highest BCUT2D eigenvalue weighted by molar-refractivity contribution is 7.13. The van der Waals surface area contributed by atoms with Gasteiger partial charge in [-0.25, -0.2) is 9.78 Å². The number of hydrogen-bond acceptors (Lipinski definition) is 4. The molecule has 1 N–H and O–H groups in total. The van der Waals surface area contributed by atoms with Gasteiger partial charge in [0.2, 0.25) is 0 Å². The number of carbonyl (C=O) groups is 2. The van der Waals surface area contributed by atoms with E-state index in [1.54, 1.807) is 11.4 Å². The number of thiazole rings is 1. The molecule has 0 radical (unpaired) electrons. The summed E-state index contributed by atoms with van der Waals surface area (Å²) >= 11 is 7.54. The Hall–Kier alpha value is -1.92. The van der Waals surface area contributed by atoms with Crippen molar-refractivity contribution in [2.24, 2.45) is 11.8 Å². The van der Waals surface area contributed by atoms with Crippen LogP contribution in [0.5, 0.6) is 0 Å². The number of carboxylic acids is 1. The van der Waals surface area contributed by atoms with E-state index in [0.29, 0.717) is 28.2 Å². The smallest absolute Gasteiger partial charge is 0.326 e. The number of rotatable bonds is 3. The van der Waals surface area contributed by atoms with Gasteiger partial charge in [-0.2, -0.15) is 0 Å². The maximum Gasteiger partial charge on any atom is 0.326 e. The van der Waals surface area contributed by atoms with Crippen LogP contribution in [-0.4, -0.2) is 39.5 Å². The zero-order valence-corrected chi connectivity index (χ0v) is 15.0. The lowest BCUT2D eigenvalue weighted by Crippen LogP contribution is -2.43. The Bertz CT molecular complexity index is 837. The van der Waals surface area contributed by atoms with Crippen molar-refractivity contribution in [2.45, 2.75) is 25.3 Å². The molecule has 3 atom stereocenters. The maximum absolute atomic E-state index is 12.9. The number of nitrogens with zero attached hydrogens (tertiary/aromatic N) is 2. The largest absolute Gasteiger partial charge is 0.480 e. The summed E-state index contributed by atoms with van der Waals surface area (Å²) in [4.78, 5) is 30.6. The van der Waals surface area contributed by atoms with E-state index in [-0.39, 0.29) is 11.8 Å². The van der Waals surface area contributed by atoms with Gasteiger partial charge in [-0.3, -0.25) is 4.79 Å². The van der Waals surface area contributed by atoms with Crippen molar-refractivity contribution >= 4 is 34.8 Å². The molecule has 2 aromatic rings. The van der Waals surface area contributed by atoms with E-state index in [2.05, 4.69) is 4.98 Å². The molecule has 5 nitrogen and oxygen atoms in total. The summed E-state index contributed by atoms with van der Waals surface area (Å²) in [5.74, 6) is -0.837. The van der Waals surface area contributed by atoms with E-state index in [9.17, 15) is 14.7 Å². The Morgan fingerprint density at radius 1 is 1.28 bits per heavy atom. The molecule has 1 aromatic heterocycles. The van der Waals surface area contributed by atoms with Gasteiger partial charge in [0.25, 0.3) is 5.91 Å². The number of aliphatic carboxylic acids is 1. The fraction of sp³-hybridized carbons (Fsp3) is 0.389. The minimum Gasteiger partial charge on any atom is -0.480 e. The lowest BCUT2D eigenvalue weighted by molar-refractivity contribution is -0.142. The number of carboxylic acid groups (broad SMARTS) is 1. The molecule has 1 amide bonds. The highest BCUT2D eigenvalue weighted by Crippen LogP contribution is 2.43. The van der Waals surface area contributed by atoms with E-state index in [1.165, 1.54) is 16.2 Å². The van der Waals surface area contributed by atoms with E-state index < -0.39 is 12.0 Å². The average Bonchev–Trinajstić information content (AvgIpc) is 3.29. The first-order valence-corrected chi connectivity index (χ1v) is 9.56. The Labute approximate surface area is 154 Å². The molecule has 130 valence electrons. The number of aromatic nitrogens is 1. The standard InChI is InChI=1S/C18H17ClN2O3S/c19-13-7-2-1-5-12(13)16-20-14(9-25-16)17(22)21-8-10-4-3-6-11(10)15(21)18(23)24/h1-2,5,7,9-11,15H,3-4,6,8H2,(H,23,24). The number of amides is 1. The molecule has 4 rings (SSSR count). The fourth-order valence-electron chi connectivity index (χ4n) is 4.11. The summed E-state index contributed by atoms with van der Waals surface area (Å²) < 4.78 is 0. The quantitative estimate of drug-likeness (QED) is 0.884. The number of likely N-dealkylation sites (tertiary alicyclic amines) is 1. The van der Waals surface area contributed by atoms with Crippen LogP contribution in [-0.2, 0) is 4.79 Å². The summed E-state index contributed by atoms with van der Waals surface area (Å²) in [7, 11) is 0. The Balaban J connectivity index is 1.61. The van der Waals surface area contributed by atoms with Crippen LogP contribution >= 0.6 is 22.9 Å². The monoisotopic (exact) mass is 376 g/mol. The Kier molecular flexibility index (Phi) is 4.25. The summed E-state index contributed by atoms with van der Waals surface area (Å²) in [5.41, 5.74) is 1.08. The van der Waals surface area contributed by atoms with E-state index >= 15 is 0 Å². The van der Waals surface area contributed by atoms with Crippen LogP contribution in [0.2, 0.25) is 5.02 Å². The fourth-order valence-corrected chi connectivity index (χ4v) is 5.22. The third-order valence-corrected chi connectivity index (χ3v) is 6.44. The van der Waals surface area contributed by atoms with Crippen molar-refractivity contribution in [2.75, 3.05) is 6.54 Å². The van der Waals surface area contributed by atoms with Gasteiger partial charge in [0, 0.05) is 17.5 Å². The molecule has 2 heterocycles. The van der Waals surface area contributed by atoms with Crippen LogP contribution in [0.25, 0.3) is 10.6 Å². The van der Waals surface area contributed by atoms with Crippen molar-refractivity contribution in [3.63, 3.8) is 0 Å². The molecule has 2 fully saturated rings. The molecule has 2 aliphatic rings. The molecule has 1 aliphatic heterocycles. The van der Waals surface area contributed by atoms with Crippen LogP contribution in [0.4, 0.5) is 0 Å². The van der Waals surface area contributed by atoms with Gasteiger partial charge >= 0.3 is 5.97 Å². The molecule has 7 heteroatoms. The van der Waals surface area contributed by atoms with Gasteiger partial charge in [0.05, 0.1) is 5.02 Å². The second-order valence-corrected chi connectivity index (χ2v) is 7.88. The zero-order chi connectivity index (χ0) is 17.6. The molecule has 0 bridgehead atoms. The van der Waals surface area contributed by atoms with Crippen LogP contribution < -0.4 is 0 Å². The molecule has 1 aromatic carbocycles. The third-order valence-electron chi connectivity index (χ3n) is 5.23. The SMILES string of the molecule is O=C(O)C1C2CCCC2CN1C(=O)c1csc(-c2ccccc2Cl)n1. The number of hydrogen-bond donors (Lipinski definition) is 1. The minimum atomic E-state index is -0.913. The first-order chi connectivity index (χ1) is 12.1. The topological polar surface area (TPSA) is 70.5 Å². The van der Waals surface area contributed by atoms with E-state index in [0.717, 1.165) is 24.8 Å². The molecule has 1 aliphatic carbocycles. The lowest BCUT2D eigenvalue weighted by atomic mass is 9.94. The predicted octanol–water partition coefficient (Wildman–Crippen LogP) is 3.79. The molecule has 3 unspecified atom stereocenters. The summed E-state index contributed by atoms with van der Waals surface area (Å²) in [6.07, 6.45) is 2.93. The Morgan fingerprint density at radius 2 is 2.08 bits per heavy atom. The van der Waals surface area contributed by atoms with Gasteiger partial charge in [-0.05, 0) is 30.7 Å². The zero-order valence-electron chi connectivity index (χ0n) is 13.4.